The van der Waals surface area contributed by atoms with Crippen LogP contribution in [0.1, 0.15) is 0 Å². The third-order valence-corrected chi connectivity index (χ3v) is 2.23. The quantitative estimate of drug-likeness (QED) is 0.582. The Morgan fingerprint density at radius 1 is 1.14 bits per heavy atom. The molecule has 2 nitrogen and oxygen atoms in total. The van der Waals surface area contributed by atoms with Crippen molar-refractivity contribution in [3.05, 3.63) is 41.4 Å². The Hall–Kier alpha value is -0.960. The average molecular weight is 229 g/mol. The first-order chi connectivity index (χ1) is 6.31. The first kappa shape index (κ1) is 11.1. The Labute approximate surface area is 93.4 Å². The summed E-state index contributed by atoms with van der Waals surface area (Å²) < 4.78 is 0. The van der Waals surface area contributed by atoms with Gasteiger partial charge in [0, 0.05) is 10.4 Å². The molecule has 2 rings (SSSR count). The number of hydrazine groups is 1. The number of hydrogen-bond donors (Lipinski definition) is 2. The van der Waals surface area contributed by atoms with E-state index < -0.39 is 0 Å². The minimum absolute atomic E-state index is 0. The van der Waals surface area contributed by atoms with Gasteiger partial charge >= 0.3 is 0 Å². The second-order valence-corrected chi connectivity index (χ2v) is 3.25. The Kier molecular flexibility index (Phi) is 3.58. The summed E-state index contributed by atoms with van der Waals surface area (Å²) in [6.45, 7) is 0. The normalized spacial score (nSPS) is 9.57. The van der Waals surface area contributed by atoms with Crippen molar-refractivity contribution in [2.24, 2.45) is 5.84 Å². The molecule has 0 saturated heterocycles. The zero-order valence-electron chi connectivity index (χ0n) is 7.33. The molecule has 0 heterocycles. The summed E-state index contributed by atoms with van der Waals surface area (Å²) in [7, 11) is 0. The van der Waals surface area contributed by atoms with Crippen LogP contribution in [0.15, 0.2) is 36.4 Å². The second-order valence-electron chi connectivity index (χ2n) is 2.82. The molecule has 0 radical (unpaired) electrons. The van der Waals surface area contributed by atoms with E-state index in [9.17, 15) is 0 Å². The Balaban J connectivity index is 0.000000980. The zero-order valence-corrected chi connectivity index (χ0v) is 8.90. The highest BCUT2D eigenvalue weighted by Gasteiger charge is 1.98. The first-order valence-electron chi connectivity index (χ1n) is 3.96. The fourth-order valence-electron chi connectivity index (χ4n) is 1.38. The molecule has 0 spiro atoms. The Morgan fingerprint density at radius 2 is 1.93 bits per heavy atom. The van der Waals surface area contributed by atoms with Crippen LogP contribution in [-0.2, 0) is 0 Å². The van der Waals surface area contributed by atoms with E-state index in [0.29, 0.717) is 0 Å². The molecule has 0 amide bonds. The van der Waals surface area contributed by atoms with Gasteiger partial charge in [-0.25, -0.2) is 0 Å². The molecule has 0 aliphatic heterocycles. The summed E-state index contributed by atoms with van der Waals surface area (Å²) in [5.74, 6) is 5.37. The molecule has 0 aromatic heterocycles. The van der Waals surface area contributed by atoms with Crippen LogP contribution < -0.4 is 11.3 Å². The monoisotopic (exact) mass is 228 g/mol. The maximum atomic E-state index is 5.86. The van der Waals surface area contributed by atoms with Gasteiger partial charge in [0.05, 0.1) is 5.69 Å². The van der Waals surface area contributed by atoms with Gasteiger partial charge < -0.3 is 5.43 Å². The standard InChI is InChI=1S/C10H9ClN2.ClH/c11-8-4-5-9-7(6-8)2-1-3-10(9)13-12;/h1-6,13H,12H2;1H. The number of benzene rings is 2. The number of nitrogens with two attached hydrogens (primary N) is 1. The van der Waals surface area contributed by atoms with E-state index in [1.165, 1.54) is 0 Å². The van der Waals surface area contributed by atoms with E-state index in [1.807, 2.05) is 36.4 Å². The van der Waals surface area contributed by atoms with Gasteiger partial charge in [0.2, 0.25) is 0 Å². The van der Waals surface area contributed by atoms with E-state index in [-0.39, 0.29) is 12.4 Å². The molecule has 0 unspecified atom stereocenters. The van der Waals surface area contributed by atoms with Gasteiger partial charge in [-0.2, -0.15) is 0 Å². The fraction of sp³-hybridized carbons (Fsp3) is 0. The highest BCUT2D eigenvalue weighted by molar-refractivity contribution is 6.31. The van der Waals surface area contributed by atoms with E-state index >= 15 is 0 Å². The molecule has 14 heavy (non-hydrogen) atoms. The number of nitrogen functional groups attached to an aromatic ring is 1. The molecular weight excluding hydrogens is 219 g/mol. The summed E-state index contributed by atoms with van der Waals surface area (Å²) in [5.41, 5.74) is 3.56. The van der Waals surface area contributed by atoms with Crippen LogP contribution in [0.5, 0.6) is 0 Å². The molecule has 2 aromatic carbocycles. The van der Waals surface area contributed by atoms with Gasteiger partial charge in [-0.15, -0.1) is 12.4 Å². The molecular formula is C10H10Cl2N2. The van der Waals surface area contributed by atoms with Crippen LogP contribution >= 0.6 is 24.0 Å². The second kappa shape index (κ2) is 4.51. The lowest BCUT2D eigenvalue weighted by Crippen LogP contribution is -2.06. The lowest BCUT2D eigenvalue weighted by Gasteiger charge is -2.04. The zero-order chi connectivity index (χ0) is 9.26. The third kappa shape index (κ3) is 1.93. The van der Waals surface area contributed by atoms with Crippen molar-refractivity contribution in [3.63, 3.8) is 0 Å². The van der Waals surface area contributed by atoms with E-state index in [1.54, 1.807) is 0 Å². The Morgan fingerprint density at radius 3 is 2.64 bits per heavy atom. The summed E-state index contributed by atoms with van der Waals surface area (Å²) >= 11 is 5.86. The summed E-state index contributed by atoms with van der Waals surface area (Å²) in [5, 5.41) is 2.90. The molecule has 4 heteroatoms. The lowest BCUT2D eigenvalue weighted by atomic mass is 10.1. The van der Waals surface area contributed by atoms with Crippen molar-refractivity contribution in [2.45, 2.75) is 0 Å². The summed E-state index contributed by atoms with van der Waals surface area (Å²) in [6.07, 6.45) is 0. The van der Waals surface area contributed by atoms with Crippen LogP contribution in [0.4, 0.5) is 5.69 Å². The van der Waals surface area contributed by atoms with Crippen LogP contribution in [0.2, 0.25) is 5.02 Å². The maximum Gasteiger partial charge on any atom is 0.0563 e. The molecule has 0 atom stereocenters. The molecule has 3 N–H and O–H groups in total. The van der Waals surface area contributed by atoms with Gasteiger partial charge in [0.15, 0.2) is 0 Å². The largest absolute Gasteiger partial charge is 0.324 e. The fourth-order valence-corrected chi connectivity index (χ4v) is 1.56. The summed E-state index contributed by atoms with van der Waals surface area (Å²) in [6, 6.07) is 11.6. The van der Waals surface area contributed by atoms with Crippen LogP contribution in [0, 0.1) is 0 Å². The minimum Gasteiger partial charge on any atom is -0.324 e. The average Bonchev–Trinajstić information content (AvgIpc) is 2.16. The molecule has 74 valence electrons. The molecule has 0 bridgehead atoms. The van der Waals surface area contributed by atoms with Crippen molar-refractivity contribution in [2.75, 3.05) is 5.43 Å². The SMILES string of the molecule is Cl.NNc1cccc2cc(Cl)ccc12. The molecule has 0 saturated carbocycles. The van der Waals surface area contributed by atoms with E-state index in [0.717, 1.165) is 21.5 Å². The van der Waals surface area contributed by atoms with Gasteiger partial charge in [-0.3, -0.25) is 5.84 Å². The van der Waals surface area contributed by atoms with Gasteiger partial charge in [-0.1, -0.05) is 29.8 Å². The number of anilines is 1. The predicted molar refractivity (Wildman–Crippen MR) is 64.0 cm³/mol. The Bertz CT molecular complexity index is 443. The minimum atomic E-state index is 0. The molecule has 2 aromatic rings. The first-order valence-corrected chi connectivity index (χ1v) is 4.34. The molecule has 0 aliphatic carbocycles. The van der Waals surface area contributed by atoms with Crippen molar-refractivity contribution in [3.8, 4) is 0 Å². The van der Waals surface area contributed by atoms with Gasteiger partial charge in [0.25, 0.3) is 0 Å². The molecule has 0 fully saturated rings. The van der Waals surface area contributed by atoms with E-state index in [4.69, 9.17) is 17.4 Å². The highest BCUT2D eigenvalue weighted by Crippen LogP contribution is 2.25. The topological polar surface area (TPSA) is 38.0 Å². The number of nitrogens with one attached hydrogen (secondary N) is 1. The number of rotatable bonds is 1. The van der Waals surface area contributed by atoms with Crippen molar-refractivity contribution in [1.29, 1.82) is 0 Å². The molecule has 0 aliphatic rings. The van der Waals surface area contributed by atoms with Crippen LogP contribution in [0.25, 0.3) is 10.8 Å². The predicted octanol–water partition coefficient (Wildman–Crippen LogP) is 3.20. The van der Waals surface area contributed by atoms with Crippen molar-refractivity contribution < 1.29 is 0 Å². The van der Waals surface area contributed by atoms with Crippen LogP contribution in [-0.4, -0.2) is 0 Å². The third-order valence-electron chi connectivity index (χ3n) is 2.00. The smallest absolute Gasteiger partial charge is 0.0563 e. The summed E-state index contributed by atoms with van der Waals surface area (Å²) in [4.78, 5) is 0. The van der Waals surface area contributed by atoms with Gasteiger partial charge in [-0.05, 0) is 23.6 Å². The number of hydrogen-bond acceptors (Lipinski definition) is 2. The number of halogens is 2. The highest BCUT2D eigenvalue weighted by atomic mass is 35.5. The van der Waals surface area contributed by atoms with E-state index in [2.05, 4.69) is 5.43 Å². The maximum absolute atomic E-state index is 5.86. The lowest BCUT2D eigenvalue weighted by molar-refractivity contribution is 1.37. The van der Waals surface area contributed by atoms with Crippen molar-refractivity contribution in [1.82, 2.24) is 0 Å². The van der Waals surface area contributed by atoms with Gasteiger partial charge in [0.1, 0.15) is 0 Å². The van der Waals surface area contributed by atoms with Crippen LogP contribution in [0.3, 0.4) is 0 Å². The number of fused-ring (bicyclic) bond motifs is 1. The van der Waals surface area contributed by atoms with Crippen molar-refractivity contribution >= 4 is 40.5 Å².